The Hall–Kier alpha value is -1.54. The number of rotatable bonds is 2. The van der Waals surface area contributed by atoms with E-state index in [1.165, 1.54) is 6.07 Å². The van der Waals surface area contributed by atoms with Crippen LogP contribution >= 0.6 is 9.90 Å². The van der Waals surface area contributed by atoms with E-state index >= 15 is 0 Å². The number of aromatic amines is 1. The molecule has 0 aliphatic heterocycles. The summed E-state index contributed by atoms with van der Waals surface area (Å²) in [5, 5.41) is 0.593. The second-order valence-electron chi connectivity index (χ2n) is 3.09. The molecule has 86 valence electrons. The number of pyridine rings is 1. The Morgan fingerprint density at radius 1 is 1.12 bits per heavy atom. The SMILES string of the molecule is COc1cc2[nH]ccc(=O)c2cc1OC.P. The van der Waals surface area contributed by atoms with Gasteiger partial charge in [0.1, 0.15) is 0 Å². The first-order valence-electron chi connectivity index (χ1n) is 4.49. The minimum Gasteiger partial charge on any atom is -0.493 e. The van der Waals surface area contributed by atoms with E-state index in [4.69, 9.17) is 9.47 Å². The lowest BCUT2D eigenvalue weighted by atomic mass is 10.2. The van der Waals surface area contributed by atoms with Gasteiger partial charge in [-0.1, -0.05) is 0 Å². The molecule has 0 aliphatic carbocycles. The van der Waals surface area contributed by atoms with Crippen LogP contribution in [0.1, 0.15) is 0 Å². The van der Waals surface area contributed by atoms with E-state index in [1.807, 2.05) is 0 Å². The van der Waals surface area contributed by atoms with E-state index in [-0.39, 0.29) is 15.3 Å². The third kappa shape index (κ3) is 2.02. The van der Waals surface area contributed by atoms with Gasteiger partial charge in [-0.05, 0) is 6.07 Å². The minimum absolute atomic E-state index is 0. The molecule has 1 unspecified atom stereocenters. The molecule has 1 heterocycles. The number of H-pyrrole nitrogens is 1. The Kier molecular flexibility index (Phi) is 3.91. The van der Waals surface area contributed by atoms with Crippen LogP contribution in [0.4, 0.5) is 0 Å². The maximum Gasteiger partial charge on any atom is 0.189 e. The highest BCUT2D eigenvalue weighted by atomic mass is 31.0. The number of methoxy groups -OCH3 is 2. The van der Waals surface area contributed by atoms with Gasteiger partial charge < -0.3 is 14.5 Å². The van der Waals surface area contributed by atoms with E-state index < -0.39 is 0 Å². The van der Waals surface area contributed by atoms with Crippen LogP contribution in [-0.4, -0.2) is 19.2 Å². The summed E-state index contributed by atoms with van der Waals surface area (Å²) in [6, 6.07) is 4.90. The first-order valence-corrected chi connectivity index (χ1v) is 4.49. The second kappa shape index (κ2) is 4.99. The fourth-order valence-corrected chi connectivity index (χ4v) is 1.50. The minimum atomic E-state index is -0.0373. The smallest absolute Gasteiger partial charge is 0.189 e. The Bertz CT molecular complexity index is 550. The van der Waals surface area contributed by atoms with Crippen molar-refractivity contribution in [2.24, 2.45) is 0 Å². The van der Waals surface area contributed by atoms with Crippen molar-refractivity contribution in [3.05, 3.63) is 34.6 Å². The lowest BCUT2D eigenvalue weighted by Gasteiger charge is -2.08. The summed E-state index contributed by atoms with van der Waals surface area (Å²) in [7, 11) is 3.10. The first kappa shape index (κ1) is 12.5. The largest absolute Gasteiger partial charge is 0.493 e. The summed E-state index contributed by atoms with van der Waals surface area (Å²) in [5.41, 5.74) is 0.699. The van der Waals surface area contributed by atoms with Crippen molar-refractivity contribution in [1.29, 1.82) is 0 Å². The number of hydrogen-bond donors (Lipinski definition) is 1. The van der Waals surface area contributed by atoms with Crippen LogP contribution in [0, 0.1) is 0 Å². The molecular formula is C11H14NO3P. The number of fused-ring (bicyclic) bond motifs is 1. The summed E-state index contributed by atoms with van der Waals surface area (Å²) in [6.07, 6.45) is 1.61. The zero-order valence-electron chi connectivity index (χ0n) is 9.24. The molecule has 2 rings (SSSR count). The molecule has 0 aliphatic rings. The molecule has 0 radical (unpaired) electrons. The van der Waals surface area contributed by atoms with Gasteiger partial charge in [0.25, 0.3) is 0 Å². The molecule has 1 atom stereocenters. The molecule has 0 spiro atoms. The van der Waals surface area contributed by atoms with Crippen LogP contribution in [0.3, 0.4) is 0 Å². The van der Waals surface area contributed by atoms with Gasteiger partial charge in [-0.3, -0.25) is 4.79 Å². The summed E-state index contributed by atoms with van der Waals surface area (Å²) in [6.45, 7) is 0. The Balaban J connectivity index is 0.00000128. The molecular weight excluding hydrogens is 225 g/mol. The molecule has 0 saturated heterocycles. The number of benzene rings is 1. The monoisotopic (exact) mass is 239 g/mol. The molecule has 0 bridgehead atoms. The lowest BCUT2D eigenvalue weighted by molar-refractivity contribution is 0.356. The van der Waals surface area contributed by atoms with Crippen LogP contribution < -0.4 is 14.9 Å². The summed E-state index contributed by atoms with van der Waals surface area (Å²) >= 11 is 0. The molecule has 0 amide bonds. The number of aromatic nitrogens is 1. The summed E-state index contributed by atoms with van der Waals surface area (Å²) in [4.78, 5) is 14.5. The van der Waals surface area contributed by atoms with Crippen LogP contribution in [-0.2, 0) is 0 Å². The standard InChI is InChI=1S/C11H11NO3.H3P/c1-14-10-5-7-8(6-11(10)15-2)12-4-3-9(7)13;/h3-6H,1-2H3,(H,12,13);1H3. The van der Waals surface area contributed by atoms with Crippen molar-refractivity contribution >= 4 is 20.8 Å². The van der Waals surface area contributed by atoms with E-state index in [0.717, 1.165) is 5.52 Å². The van der Waals surface area contributed by atoms with E-state index in [9.17, 15) is 4.79 Å². The van der Waals surface area contributed by atoms with Crippen LogP contribution in [0.5, 0.6) is 11.5 Å². The average molecular weight is 239 g/mol. The Morgan fingerprint density at radius 3 is 2.38 bits per heavy atom. The van der Waals surface area contributed by atoms with Crippen molar-refractivity contribution in [3.8, 4) is 11.5 Å². The maximum absolute atomic E-state index is 11.5. The molecule has 1 N–H and O–H groups in total. The number of nitrogens with one attached hydrogen (secondary N) is 1. The second-order valence-corrected chi connectivity index (χ2v) is 3.09. The summed E-state index contributed by atoms with van der Waals surface area (Å²) in [5.74, 6) is 1.16. The Morgan fingerprint density at radius 2 is 1.75 bits per heavy atom. The molecule has 0 fully saturated rings. The molecule has 1 aromatic carbocycles. The molecule has 4 nitrogen and oxygen atoms in total. The number of hydrogen-bond acceptors (Lipinski definition) is 3. The predicted molar refractivity (Wildman–Crippen MR) is 68.8 cm³/mol. The number of ether oxygens (including phenoxy) is 2. The molecule has 1 aromatic heterocycles. The van der Waals surface area contributed by atoms with Crippen LogP contribution in [0.2, 0.25) is 0 Å². The van der Waals surface area contributed by atoms with E-state index in [1.54, 1.807) is 32.5 Å². The fourth-order valence-electron chi connectivity index (χ4n) is 1.50. The van der Waals surface area contributed by atoms with Gasteiger partial charge in [0, 0.05) is 23.7 Å². The molecule has 5 heteroatoms. The average Bonchev–Trinajstić information content (AvgIpc) is 2.28. The lowest BCUT2D eigenvalue weighted by Crippen LogP contribution is -2.01. The normalized spacial score (nSPS) is 9.62. The third-order valence-electron chi connectivity index (χ3n) is 2.26. The highest BCUT2D eigenvalue weighted by Crippen LogP contribution is 2.29. The van der Waals surface area contributed by atoms with Crippen molar-refractivity contribution in [3.63, 3.8) is 0 Å². The summed E-state index contributed by atoms with van der Waals surface area (Å²) < 4.78 is 10.3. The maximum atomic E-state index is 11.5. The predicted octanol–water partition coefficient (Wildman–Crippen LogP) is 1.60. The zero-order chi connectivity index (χ0) is 10.8. The van der Waals surface area contributed by atoms with Gasteiger partial charge in [-0.2, -0.15) is 9.90 Å². The Labute approximate surface area is 96.2 Å². The third-order valence-corrected chi connectivity index (χ3v) is 2.26. The first-order chi connectivity index (χ1) is 7.26. The fraction of sp³-hybridized carbons (Fsp3) is 0.182. The molecule has 2 aromatic rings. The van der Waals surface area contributed by atoms with Crippen molar-refractivity contribution in [2.75, 3.05) is 14.2 Å². The highest BCUT2D eigenvalue weighted by molar-refractivity contribution is 6.92. The van der Waals surface area contributed by atoms with Crippen LogP contribution in [0.15, 0.2) is 29.2 Å². The van der Waals surface area contributed by atoms with E-state index in [2.05, 4.69) is 4.98 Å². The van der Waals surface area contributed by atoms with Crippen molar-refractivity contribution < 1.29 is 9.47 Å². The molecule has 0 saturated carbocycles. The van der Waals surface area contributed by atoms with Gasteiger partial charge >= 0.3 is 0 Å². The van der Waals surface area contributed by atoms with Crippen LogP contribution in [0.25, 0.3) is 10.9 Å². The van der Waals surface area contributed by atoms with Gasteiger partial charge in [-0.15, -0.1) is 0 Å². The van der Waals surface area contributed by atoms with E-state index in [0.29, 0.717) is 16.9 Å². The van der Waals surface area contributed by atoms with Crippen molar-refractivity contribution in [2.45, 2.75) is 0 Å². The van der Waals surface area contributed by atoms with Gasteiger partial charge in [0.15, 0.2) is 16.9 Å². The van der Waals surface area contributed by atoms with Gasteiger partial charge in [-0.25, -0.2) is 0 Å². The van der Waals surface area contributed by atoms with Gasteiger partial charge in [0.05, 0.1) is 19.7 Å². The quantitative estimate of drug-likeness (QED) is 0.810. The highest BCUT2D eigenvalue weighted by Gasteiger charge is 2.07. The van der Waals surface area contributed by atoms with Crippen molar-refractivity contribution in [1.82, 2.24) is 4.98 Å². The van der Waals surface area contributed by atoms with Gasteiger partial charge in [0.2, 0.25) is 0 Å². The molecule has 16 heavy (non-hydrogen) atoms. The topological polar surface area (TPSA) is 51.3 Å². The zero-order valence-corrected chi connectivity index (χ0v) is 10.7.